The van der Waals surface area contributed by atoms with Crippen LogP contribution in [0.15, 0.2) is 18.2 Å². The van der Waals surface area contributed by atoms with Crippen molar-refractivity contribution in [2.45, 2.75) is 46.0 Å². The van der Waals surface area contributed by atoms with E-state index in [1.54, 1.807) is 18.4 Å². The Morgan fingerprint density at radius 2 is 1.80 bits per heavy atom. The van der Waals surface area contributed by atoms with Crippen LogP contribution >= 0.6 is 11.3 Å². The minimum absolute atomic E-state index is 0.115. The summed E-state index contributed by atoms with van der Waals surface area (Å²) in [4.78, 5) is 26.5. The third-order valence-corrected chi connectivity index (χ3v) is 5.95. The molecule has 132 valence electrons. The molecule has 0 unspecified atom stereocenters. The number of hydrogen-bond acceptors (Lipinski definition) is 3. The summed E-state index contributed by atoms with van der Waals surface area (Å²) in [6, 6.07) is 5.84. The van der Waals surface area contributed by atoms with Crippen molar-refractivity contribution in [3.63, 3.8) is 0 Å². The van der Waals surface area contributed by atoms with Crippen molar-refractivity contribution in [2.75, 3.05) is 12.4 Å². The Bertz CT molecular complexity index is 823. The molecule has 2 aromatic rings. The van der Waals surface area contributed by atoms with Gasteiger partial charge in [0.15, 0.2) is 0 Å². The average molecular weight is 356 g/mol. The molecule has 0 saturated heterocycles. The number of amides is 2. The Morgan fingerprint density at radius 1 is 1.04 bits per heavy atom. The van der Waals surface area contributed by atoms with Gasteiger partial charge in [0.2, 0.25) is 0 Å². The Labute approximate surface area is 152 Å². The SMILES string of the molecule is CNC(=O)c1c(NC(=O)c2cc(C)ccc2C)sc2c1CCCCC2. The highest BCUT2D eigenvalue weighted by Crippen LogP contribution is 2.37. The second-order valence-electron chi connectivity index (χ2n) is 6.62. The number of hydrogen-bond donors (Lipinski definition) is 2. The molecule has 4 nitrogen and oxygen atoms in total. The predicted molar refractivity (Wildman–Crippen MR) is 103 cm³/mol. The first-order chi connectivity index (χ1) is 12.0. The molecule has 0 radical (unpaired) electrons. The van der Waals surface area contributed by atoms with E-state index >= 15 is 0 Å². The molecule has 2 N–H and O–H groups in total. The lowest BCUT2D eigenvalue weighted by Crippen LogP contribution is -2.22. The molecule has 2 amide bonds. The van der Waals surface area contributed by atoms with Gasteiger partial charge < -0.3 is 10.6 Å². The van der Waals surface area contributed by atoms with Crippen molar-refractivity contribution in [3.8, 4) is 0 Å². The highest BCUT2D eigenvalue weighted by molar-refractivity contribution is 7.17. The van der Waals surface area contributed by atoms with Crippen LogP contribution in [0.1, 0.15) is 61.5 Å². The van der Waals surface area contributed by atoms with Crippen LogP contribution in [-0.2, 0) is 12.8 Å². The van der Waals surface area contributed by atoms with Crippen LogP contribution in [0, 0.1) is 13.8 Å². The normalized spacial score (nSPS) is 13.7. The van der Waals surface area contributed by atoms with Gasteiger partial charge in [0, 0.05) is 17.5 Å². The lowest BCUT2D eigenvalue weighted by atomic mass is 10.0. The van der Waals surface area contributed by atoms with E-state index in [1.807, 2.05) is 32.0 Å². The van der Waals surface area contributed by atoms with E-state index in [-0.39, 0.29) is 11.8 Å². The molecule has 1 aliphatic rings. The molecule has 0 fully saturated rings. The zero-order valence-electron chi connectivity index (χ0n) is 15.0. The summed E-state index contributed by atoms with van der Waals surface area (Å²) in [7, 11) is 1.64. The Balaban J connectivity index is 1.98. The van der Waals surface area contributed by atoms with Crippen molar-refractivity contribution in [1.82, 2.24) is 5.32 Å². The van der Waals surface area contributed by atoms with Crippen LogP contribution in [-0.4, -0.2) is 18.9 Å². The number of carbonyl (C=O) groups is 2. The van der Waals surface area contributed by atoms with Gasteiger partial charge in [0.1, 0.15) is 5.00 Å². The summed E-state index contributed by atoms with van der Waals surface area (Å²) >= 11 is 1.56. The number of aryl methyl sites for hydroxylation is 3. The van der Waals surface area contributed by atoms with Crippen LogP contribution < -0.4 is 10.6 Å². The fourth-order valence-electron chi connectivity index (χ4n) is 3.35. The molecule has 1 aromatic carbocycles. The number of fused-ring (bicyclic) bond motifs is 1. The smallest absolute Gasteiger partial charge is 0.256 e. The van der Waals surface area contributed by atoms with E-state index in [4.69, 9.17) is 0 Å². The summed E-state index contributed by atoms with van der Waals surface area (Å²) in [5.74, 6) is -0.265. The monoisotopic (exact) mass is 356 g/mol. The van der Waals surface area contributed by atoms with Gasteiger partial charge >= 0.3 is 0 Å². The summed E-state index contributed by atoms with van der Waals surface area (Å²) < 4.78 is 0. The average Bonchev–Trinajstić information content (AvgIpc) is 2.77. The van der Waals surface area contributed by atoms with E-state index in [1.165, 1.54) is 11.3 Å². The molecule has 0 atom stereocenters. The highest BCUT2D eigenvalue weighted by atomic mass is 32.1. The van der Waals surface area contributed by atoms with Crippen LogP contribution in [0.3, 0.4) is 0 Å². The standard InChI is InChI=1S/C20H24N2O2S/c1-12-9-10-13(2)15(11-12)18(23)22-20-17(19(24)21-3)14-7-5-4-6-8-16(14)25-20/h9-11H,4-8H2,1-3H3,(H,21,24)(H,22,23). The minimum atomic E-state index is -0.150. The van der Waals surface area contributed by atoms with E-state index in [0.29, 0.717) is 16.1 Å². The molecule has 1 aliphatic carbocycles. The van der Waals surface area contributed by atoms with Crippen LogP contribution in [0.5, 0.6) is 0 Å². The van der Waals surface area contributed by atoms with E-state index in [0.717, 1.165) is 42.4 Å². The number of rotatable bonds is 3. The van der Waals surface area contributed by atoms with Crippen molar-refractivity contribution < 1.29 is 9.59 Å². The topological polar surface area (TPSA) is 58.2 Å². The zero-order chi connectivity index (χ0) is 18.0. The molecule has 5 heteroatoms. The molecule has 1 heterocycles. The molecule has 0 spiro atoms. The molecule has 25 heavy (non-hydrogen) atoms. The molecule has 1 aromatic heterocycles. The number of anilines is 1. The number of thiophene rings is 1. The van der Waals surface area contributed by atoms with Gasteiger partial charge in [0.25, 0.3) is 11.8 Å². The maximum atomic E-state index is 12.8. The van der Waals surface area contributed by atoms with Crippen molar-refractivity contribution in [3.05, 3.63) is 50.9 Å². The van der Waals surface area contributed by atoms with Crippen LogP contribution in [0.4, 0.5) is 5.00 Å². The molecular weight excluding hydrogens is 332 g/mol. The lowest BCUT2D eigenvalue weighted by Gasteiger charge is -2.10. The Kier molecular flexibility index (Phi) is 5.23. The van der Waals surface area contributed by atoms with E-state index < -0.39 is 0 Å². The predicted octanol–water partition coefficient (Wildman–Crippen LogP) is 4.25. The molecule has 0 aliphatic heterocycles. The van der Waals surface area contributed by atoms with E-state index in [2.05, 4.69) is 10.6 Å². The maximum Gasteiger partial charge on any atom is 0.256 e. The number of carbonyl (C=O) groups excluding carboxylic acids is 2. The third-order valence-electron chi connectivity index (χ3n) is 4.74. The van der Waals surface area contributed by atoms with Crippen molar-refractivity contribution >= 4 is 28.2 Å². The second-order valence-corrected chi connectivity index (χ2v) is 7.73. The first-order valence-electron chi connectivity index (χ1n) is 8.76. The highest BCUT2D eigenvalue weighted by Gasteiger charge is 2.25. The fraction of sp³-hybridized carbons (Fsp3) is 0.400. The zero-order valence-corrected chi connectivity index (χ0v) is 15.8. The molecule has 3 rings (SSSR count). The van der Waals surface area contributed by atoms with Gasteiger partial charge in [-0.1, -0.05) is 24.1 Å². The third kappa shape index (κ3) is 3.61. The fourth-order valence-corrected chi connectivity index (χ4v) is 4.63. The number of benzene rings is 1. The number of nitrogens with one attached hydrogen (secondary N) is 2. The van der Waals surface area contributed by atoms with Gasteiger partial charge in [0.05, 0.1) is 5.56 Å². The van der Waals surface area contributed by atoms with Crippen molar-refractivity contribution in [1.29, 1.82) is 0 Å². The lowest BCUT2D eigenvalue weighted by molar-refractivity contribution is 0.0963. The van der Waals surface area contributed by atoms with Crippen molar-refractivity contribution in [2.24, 2.45) is 0 Å². The van der Waals surface area contributed by atoms with Crippen LogP contribution in [0.25, 0.3) is 0 Å². The van der Waals surface area contributed by atoms with Gasteiger partial charge in [-0.2, -0.15) is 0 Å². The first kappa shape index (κ1) is 17.7. The van der Waals surface area contributed by atoms with Gasteiger partial charge in [-0.25, -0.2) is 0 Å². The summed E-state index contributed by atoms with van der Waals surface area (Å²) in [5, 5.41) is 6.41. The summed E-state index contributed by atoms with van der Waals surface area (Å²) in [6.45, 7) is 3.90. The summed E-state index contributed by atoms with van der Waals surface area (Å²) in [6.07, 6.45) is 5.33. The van der Waals surface area contributed by atoms with E-state index in [9.17, 15) is 9.59 Å². The van der Waals surface area contributed by atoms with Gasteiger partial charge in [-0.05, 0) is 56.7 Å². The van der Waals surface area contributed by atoms with Gasteiger partial charge in [-0.15, -0.1) is 11.3 Å². The Hall–Kier alpha value is -2.14. The summed E-state index contributed by atoms with van der Waals surface area (Å²) in [5.41, 5.74) is 4.42. The molecule has 0 bridgehead atoms. The largest absolute Gasteiger partial charge is 0.355 e. The van der Waals surface area contributed by atoms with Crippen LogP contribution in [0.2, 0.25) is 0 Å². The first-order valence-corrected chi connectivity index (χ1v) is 9.58. The second kappa shape index (κ2) is 7.40. The maximum absolute atomic E-state index is 12.8. The van der Waals surface area contributed by atoms with Gasteiger partial charge in [-0.3, -0.25) is 9.59 Å². The molecule has 0 saturated carbocycles. The minimum Gasteiger partial charge on any atom is -0.355 e. The Morgan fingerprint density at radius 3 is 2.56 bits per heavy atom. The quantitative estimate of drug-likeness (QED) is 0.808. The molecular formula is C20H24N2O2S.